The fraction of sp³-hybridized carbons (Fsp3) is 0.353. The SMILES string of the molecule is CS(=O)(=O)Cc1ccc(C(=O)N2CCN(c3ncc(Br)cn3)CC2)cc1. The zero-order valence-electron chi connectivity index (χ0n) is 14.3. The van der Waals surface area contributed by atoms with Gasteiger partial charge in [-0.05, 0) is 33.6 Å². The van der Waals surface area contributed by atoms with Crippen LogP contribution in [0, 0.1) is 0 Å². The molecule has 1 aromatic heterocycles. The second-order valence-corrected chi connectivity index (χ2v) is 9.30. The molecule has 1 amide bonds. The zero-order chi connectivity index (χ0) is 18.7. The van der Waals surface area contributed by atoms with E-state index in [1.807, 2.05) is 4.90 Å². The van der Waals surface area contributed by atoms with Gasteiger partial charge >= 0.3 is 0 Å². The molecule has 0 unspecified atom stereocenters. The van der Waals surface area contributed by atoms with Gasteiger partial charge in [-0.3, -0.25) is 4.79 Å². The van der Waals surface area contributed by atoms with Gasteiger partial charge < -0.3 is 9.80 Å². The highest BCUT2D eigenvalue weighted by atomic mass is 79.9. The molecule has 1 fully saturated rings. The first-order valence-electron chi connectivity index (χ1n) is 8.10. The maximum Gasteiger partial charge on any atom is 0.253 e. The fourth-order valence-electron chi connectivity index (χ4n) is 2.81. The van der Waals surface area contributed by atoms with E-state index in [1.54, 1.807) is 41.6 Å². The van der Waals surface area contributed by atoms with Crippen molar-refractivity contribution in [2.24, 2.45) is 0 Å². The molecule has 1 aliphatic heterocycles. The molecular formula is C17H19BrN4O3S. The highest BCUT2D eigenvalue weighted by Crippen LogP contribution is 2.15. The van der Waals surface area contributed by atoms with Crippen LogP contribution in [0.1, 0.15) is 15.9 Å². The van der Waals surface area contributed by atoms with Crippen molar-refractivity contribution in [2.75, 3.05) is 37.3 Å². The second kappa shape index (κ2) is 7.71. The molecular weight excluding hydrogens is 420 g/mol. The summed E-state index contributed by atoms with van der Waals surface area (Å²) in [4.78, 5) is 25.0. The van der Waals surface area contributed by atoms with Crippen molar-refractivity contribution in [3.8, 4) is 0 Å². The number of amides is 1. The lowest BCUT2D eigenvalue weighted by molar-refractivity contribution is 0.0746. The predicted molar refractivity (Wildman–Crippen MR) is 103 cm³/mol. The van der Waals surface area contributed by atoms with Gasteiger partial charge in [0.05, 0.1) is 10.2 Å². The van der Waals surface area contributed by atoms with Crippen LogP contribution < -0.4 is 4.90 Å². The molecule has 1 aliphatic rings. The Morgan fingerprint density at radius 2 is 1.65 bits per heavy atom. The molecule has 2 aromatic rings. The van der Waals surface area contributed by atoms with E-state index in [9.17, 15) is 13.2 Å². The van der Waals surface area contributed by atoms with Gasteiger partial charge in [0, 0.05) is 50.4 Å². The van der Waals surface area contributed by atoms with Crippen LogP contribution in [-0.2, 0) is 15.6 Å². The molecule has 7 nitrogen and oxygen atoms in total. The first-order valence-corrected chi connectivity index (χ1v) is 11.0. The third-order valence-electron chi connectivity index (χ3n) is 4.09. The number of hydrogen-bond acceptors (Lipinski definition) is 6. The third-order valence-corrected chi connectivity index (χ3v) is 5.35. The molecule has 0 bridgehead atoms. The van der Waals surface area contributed by atoms with Crippen LogP contribution in [0.4, 0.5) is 5.95 Å². The van der Waals surface area contributed by atoms with Crippen LogP contribution in [0.3, 0.4) is 0 Å². The second-order valence-electron chi connectivity index (χ2n) is 6.25. The topological polar surface area (TPSA) is 83.5 Å². The van der Waals surface area contributed by atoms with Crippen molar-refractivity contribution in [1.29, 1.82) is 0 Å². The molecule has 0 aliphatic carbocycles. The first kappa shape index (κ1) is 18.8. The summed E-state index contributed by atoms with van der Waals surface area (Å²) in [5.74, 6) is 0.588. The van der Waals surface area contributed by atoms with E-state index in [-0.39, 0.29) is 11.7 Å². The minimum absolute atomic E-state index is 0.0205. The summed E-state index contributed by atoms with van der Waals surface area (Å²) >= 11 is 3.32. The van der Waals surface area contributed by atoms with Gasteiger partial charge in [-0.1, -0.05) is 12.1 Å². The Kier molecular flexibility index (Phi) is 5.57. The number of carbonyl (C=O) groups is 1. The number of carbonyl (C=O) groups excluding carboxylic acids is 1. The summed E-state index contributed by atoms with van der Waals surface area (Å²) in [6.45, 7) is 2.51. The molecule has 2 heterocycles. The van der Waals surface area contributed by atoms with E-state index in [0.29, 0.717) is 43.3 Å². The van der Waals surface area contributed by atoms with Crippen LogP contribution in [-0.4, -0.2) is 61.6 Å². The van der Waals surface area contributed by atoms with Crippen molar-refractivity contribution < 1.29 is 13.2 Å². The average Bonchev–Trinajstić information content (AvgIpc) is 2.61. The van der Waals surface area contributed by atoms with Gasteiger partial charge in [0.1, 0.15) is 0 Å². The van der Waals surface area contributed by atoms with Crippen molar-refractivity contribution in [3.63, 3.8) is 0 Å². The molecule has 138 valence electrons. The Morgan fingerprint density at radius 1 is 1.08 bits per heavy atom. The lowest BCUT2D eigenvalue weighted by atomic mass is 10.1. The standard InChI is InChI=1S/C17H19BrN4O3S/c1-26(24,25)12-13-2-4-14(5-3-13)16(23)21-6-8-22(9-7-21)17-19-10-15(18)11-20-17/h2-5,10-11H,6-9,12H2,1H3. The zero-order valence-corrected chi connectivity index (χ0v) is 16.7. The van der Waals surface area contributed by atoms with E-state index in [4.69, 9.17) is 0 Å². The number of sulfone groups is 1. The summed E-state index contributed by atoms with van der Waals surface area (Å²) in [7, 11) is -3.08. The monoisotopic (exact) mass is 438 g/mol. The van der Waals surface area contributed by atoms with E-state index in [2.05, 4.69) is 25.9 Å². The maximum atomic E-state index is 12.6. The molecule has 0 saturated carbocycles. The normalized spacial score (nSPS) is 15.2. The molecule has 3 rings (SSSR count). The maximum absolute atomic E-state index is 12.6. The van der Waals surface area contributed by atoms with Crippen molar-refractivity contribution in [3.05, 3.63) is 52.3 Å². The van der Waals surface area contributed by atoms with E-state index >= 15 is 0 Å². The lowest BCUT2D eigenvalue weighted by Crippen LogP contribution is -2.49. The third kappa shape index (κ3) is 4.79. The number of hydrogen-bond donors (Lipinski definition) is 0. The van der Waals surface area contributed by atoms with Gasteiger partial charge in [0.15, 0.2) is 9.84 Å². The van der Waals surface area contributed by atoms with Crippen molar-refractivity contribution in [1.82, 2.24) is 14.9 Å². The number of anilines is 1. The summed E-state index contributed by atoms with van der Waals surface area (Å²) in [6, 6.07) is 6.76. The summed E-state index contributed by atoms with van der Waals surface area (Å²) in [5, 5.41) is 0. The van der Waals surface area contributed by atoms with Gasteiger partial charge in [0.2, 0.25) is 5.95 Å². The molecule has 26 heavy (non-hydrogen) atoms. The largest absolute Gasteiger partial charge is 0.337 e. The minimum Gasteiger partial charge on any atom is -0.337 e. The summed E-state index contributed by atoms with van der Waals surface area (Å²) in [5.41, 5.74) is 1.25. The first-order chi connectivity index (χ1) is 12.3. The summed E-state index contributed by atoms with van der Waals surface area (Å²) in [6.07, 6.45) is 4.61. The van der Waals surface area contributed by atoms with Gasteiger partial charge in [-0.25, -0.2) is 18.4 Å². The molecule has 0 radical (unpaired) electrons. The fourth-order valence-corrected chi connectivity index (χ4v) is 3.81. The van der Waals surface area contributed by atoms with Crippen molar-refractivity contribution in [2.45, 2.75) is 5.75 Å². The molecule has 0 spiro atoms. The van der Waals surface area contributed by atoms with E-state index in [1.165, 1.54) is 6.26 Å². The molecule has 1 saturated heterocycles. The Hall–Kier alpha value is -2.00. The number of aromatic nitrogens is 2. The summed E-state index contributed by atoms with van der Waals surface area (Å²) < 4.78 is 23.5. The van der Waals surface area contributed by atoms with E-state index in [0.717, 1.165) is 4.47 Å². The number of rotatable bonds is 4. The Balaban J connectivity index is 1.60. The average molecular weight is 439 g/mol. The number of nitrogens with zero attached hydrogens (tertiary/aromatic N) is 4. The van der Waals surface area contributed by atoms with Crippen LogP contribution >= 0.6 is 15.9 Å². The molecule has 0 atom stereocenters. The number of halogens is 1. The number of benzene rings is 1. The number of piperazine rings is 1. The van der Waals surface area contributed by atoms with Crippen LogP contribution in [0.5, 0.6) is 0 Å². The molecule has 0 N–H and O–H groups in total. The molecule has 1 aromatic carbocycles. The quantitative estimate of drug-likeness (QED) is 0.722. The van der Waals surface area contributed by atoms with Crippen molar-refractivity contribution >= 4 is 37.6 Å². The highest BCUT2D eigenvalue weighted by Gasteiger charge is 2.23. The highest BCUT2D eigenvalue weighted by molar-refractivity contribution is 9.10. The van der Waals surface area contributed by atoms with Crippen LogP contribution in [0.15, 0.2) is 41.1 Å². The Bertz CT molecular complexity index is 877. The smallest absolute Gasteiger partial charge is 0.253 e. The lowest BCUT2D eigenvalue weighted by Gasteiger charge is -2.34. The van der Waals surface area contributed by atoms with Gasteiger partial charge in [-0.15, -0.1) is 0 Å². The van der Waals surface area contributed by atoms with Crippen LogP contribution in [0.2, 0.25) is 0 Å². The van der Waals surface area contributed by atoms with Gasteiger partial charge in [0.25, 0.3) is 5.91 Å². The van der Waals surface area contributed by atoms with Crippen LogP contribution in [0.25, 0.3) is 0 Å². The van der Waals surface area contributed by atoms with E-state index < -0.39 is 9.84 Å². The predicted octanol–water partition coefficient (Wildman–Crippen LogP) is 1.75. The van der Waals surface area contributed by atoms with Gasteiger partial charge in [-0.2, -0.15) is 0 Å². The Morgan fingerprint density at radius 3 is 2.19 bits per heavy atom. The minimum atomic E-state index is -3.08. The molecule has 9 heteroatoms. The Labute approximate surface area is 161 Å².